The zero-order valence-corrected chi connectivity index (χ0v) is 46.3. The number of pyridine rings is 2. The van der Waals surface area contributed by atoms with Gasteiger partial charge in [0.15, 0.2) is 17.2 Å². The number of carbonyl (C=O) groups excluding carboxylic acids is 9. The van der Waals surface area contributed by atoms with E-state index in [4.69, 9.17) is 15.5 Å². The van der Waals surface area contributed by atoms with Gasteiger partial charge in [0.1, 0.15) is 12.4 Å². The molecule has 21 heteroatoms. The van der Waals surface area contributed by atoms with E-state index in [0.717, 1.165) is 12.0 Å². The first-order chi connectivity index (χ1) is 38.9. The Morgan fingerprint density at radius 1 is 0.901 bits per heavy atom. The van der Waals surface area contributed by atoms with Crippen molar-refractivity contribution in [3.63, 3.8) is 0 Å². The smallest absolute Gasteiger partial charge is 0.343 e. The van der Waals surface area contributed by atoms with E-state index in [0.29, 0.717) is 115 Å². The summed E-state index contributed by atoms with van der Waals surface area (Å²) in [6.07, 6.45) is 5.11. The molecule has 0 radical (unpaired) electrons. The van der Waals surface area contributed by atoms with Gasteiger partial charge in [0.2, 0.25) is 35.4 Å². The van der Waals surface area contributed by atoms with E-state index in [9.17, 15) is 53.1 Å². The molecule has 1 saturated heterocycles. The lowest BCUT2D eigenvalue weighted by atomic mass is 9.81. The number of imide groups is 1. The van der Waals surface area contributed by atoms with Gasteiger partial charge in [-0.1, -0.05) is 57.0 Å². The minimum absolute atomic E-state index is 0.0371. The Bertz CT molecular complexity index is 3200. The first-order valence-electron chi connectivity index (χ1n) is 28.4. The number of unbranched alkanes of at least 4 members (excludes halogenated alkanes) is 3. The quantitative estimate of drug-likeness (QED) is 0.0230. The molecule has 3 aliphatic heterocycles. The lowest BCUT2D eigenvalue weighted by molar-refractivity contribution is -0.172. The van der Waals surface area contributed by atoms with Gasteiger partial charge >= 0.3 is 5.97 Å². The van der Waals surface area contributed by atoms with E-state index >= 15 is 4.39 Å². The molecule has 4 aromatic rings. The number of likely N-dealkylation sites (tertiary alicyclic amines) is 1. The number of fused-ring (bicyclic) bond motifs is 5. The van der Waals surface area contributed by atoms with Crippen LogP contribution in [0, 0.1) is 24.6 Å². The maximum absolute atomic E-state index is 15.5. The van der Waals surface area contributed by atoms with Crippen LogP contribution in [0.4, 0.5) is 4.39 Å². The lowest BCUT2D eigenvalue weighted by Gasteiger charge is -2.31. The molecule has 1 fully saturated rings. The van der Waals surface area contributed by atoms with Crippen LogP contribution in [-0.4, -0.2) is 105 Å². The van der Waals surface area contributed by atoms with Gasteiger partial charge in [0.25, 0.3) is 5.56 Å². The van der Waals surface area contributed by atoms with Crippen LogP contribution in [0.15, 0.2) is 47.3 Å². The van der Waals surface area contributed by atoms with Gasteiger partial charge in [0.05, 0.1) is 54.2 Å². The van der Waals surface area contributed by atoms with Gasteiger partial charge in [-0.15, -0.1) is 0 Å². The molecular formula is C60H73FN8O12. The fourth-order valence-corrected chi connectivity index (χ4v) is 11.8. The standard InChI is InChI=1S/C60H73FN8O12/c1-4-14-36-27-52(75)68(57(36)77)24-13-7-10-18-50(73)65-44(17-11-12-23-62)48(71)21-22-49(72)63-30-38(70)26-37(25-35-15-8-6-9-16-35)56(76)64-31-51(74)66-45-20-19-39-34(3)43(61)29-46-53(39)54(45)40-32-69-47(55(40)67-46)28-42-41(58(69)78)33-81-59(79)60(42,80)5-2/h6,8-9,15-16,28-29,36-37,44-45,80H,4-5,7,10-14,17-27,30-33,62H2,1-3H3,(H,63,72)(H,64,76)(H,65,73)(H,66,74)/t36?,37-,44+,45+,60+/m1/s1. The third-order valence-electron chi connectivity index (χ3n) is 16.3. The predicted molar refractivity (Wildman–Crippen MR) is 295 cm³/mol. The molecule has 20 nitrogen and oxygen atoms in total. The number of hydrogen-bond donors (Lipinski definition) is 6. The summed E-state index contributed by atoms with van der Waals surface area (Å²) in [5.74, 6) is -5.70. The molecule has 81 heavy (non-hydrogen) atoms. The number of Topliss-reactive ketones (excluding diaryl/α,β-unsaturated/α-hetero) is 2. The number of cyclic esters (lactones) is 1. The normalized spacial score (nSPS) is 18.6. The molecule has 1 unspecified atom stereocenters. The lowest BCUT2D eigenvalue weighted by Crippen LogP contribution is -2.44. The Morgan fingerprint density at radius 2 is 1.68 bits per heavy atom. The van der Waals surface area contributed by atoms with Gasteiger partial charge in [-0.3, -0.25) is 48.1 Å². The van der Waals surface area contributed by atoms with Crippen molar-refractivity contribution in [3.05, 3.63) is 97.6 Å². The molecule has 1 aliphatic carbocycles. The van der Waals surface area contributed by atoms with Crippen molar-refractivity contribution in [1.29, 1.82) is 0 Å². The Morgan fingerprint density at radius 3 is 2.42 bits per heavy atom. The van der Waals surface area contributed by atoms with E-state index in [1.165, 1.54) is 15.5 Å². The highest BCUT2D eigenvalue weighted by Gasteiger charge is 2.46. The van der Waals surface area contributed by atoms with Crippen LogP contribution >= 0.6 is 0 Å². The van der Waals surface area contributed by atoms with Gasteiger partial charge < -0.3 is 41.4 Å². The number of ether oxygens (including phenoxy) is 1. The zero-order valence-electron chi connectivity index (χ0n) is 46.3. The molecule has 4 aliphatic rings. The summed E-state index contributed by atoms with van der Waals surface area (Å²) in [6.45, 7) is 4.78. The highest BCUT2D eigenvalue weighted by molar-refractivity contribution is 6.03. The van der Waals surface area contributed by atoms with Crippen LogP contribution in [0.1, 0.15) is 155 Å². The molecule has 6 amide bonds. The summed E-state index contributed by atoms with van der Waals surface area (Å²) in [6, 6.07) is 10.4. The molecule has 2 aromatic carbocycles. The van der Waals surface area contributed by atoms with Crippen LogP contribution in [0.25, 0.3) is 22.3 Å². The first-order valence-corrected chi connectivity index (χ1v) is 28.4. The third-order valence-corrected chi connectivity index (χ3v) is 16.3. The summed E-state index contributed by atoms with van der Waals surface area (Å²) >= 11 is 0. The Labute approximate surface area is 468 Å². The number of nitrogens with zero attached hydrogens (tertiary/aromatic N) is 3. The van der Waals surface area contributed by atoms with Crippen molar-refractivity contribution >= 4 is 63.9 Å². The highest BCUT2D eigenvalue weighted by atomic mass is 19.1. The highest BCUT2D eigenvalue weighted by Crippen LogP contribution is 2.46. The molecule has 2 aromatic heterocycles. The second-order valence-electron chi connectivity index (χ2n) is 21.8. The average Bonchev–Trinajstić information content (AvgIpc) is 3.88. The molecule has 432 valence electrons. The maximum atomic E-state index is 15.5. The summed E-state index contributed by atoms with van der Waals surface area (Å²) < 4.78 is 22.2. The van der Waals surface area contributed by atoms with Crippen molar-refractivity contribution < 1.29 is 57.4 Å². The number of halogens is 1. The molecule has 8 rings (SSSR count). The number of esters is 1. The molecule has 7 N–H and O–H groups in total. The summed E-state index contributed by atoms with van der Waals surface area (Å²) in [5, 5.41) is 23.2. The van der Waals surface area contributed by atoms with E-state index in [1.54, 1.807) is 44.2 Å². The largest absolute Gasteiger partial charge is 0.458 e. The average molecular weight is 1120 g/mol. The van der Waals surface area contributed by atoms with Gasteiger partial charge in [-0.2, -0.15) is 0 Å². The van der Waals surface area contributed by atoms with Gasteiger partial charge in [-0.05, 0) is 106 Å². The van der Waals surface area contributed by atoms with Crippen LogP contribution in [0.5, 0.6) is 0 Å². The number of aliphatic hydroxyl groups is 1. The molecule has 0 saturated carbocycles. The molecular weight excluding hydrogens is 1040 g/mol. The van der Waals surface area contributed by atoms with Crippen LogP contribution in [0.2, 0.25) is 0 Å². The second-order valence-corrected chi connectivity index (χ2v) is 21.8. The number of carbonyl (C=O) groups is 9. The van der Waals surface area contributed by atoms with Gasteiger partial charge in [0, 0.05) is 73.1 Å². The van der Waals surface area contributed by atoms with Gasteiger partial charge in [-0.25, -0.2) is 14.2 Å². The summed E-state index contributed by atoms with van der Waals surface area (Å²) in [5.41, 5.74) is 7.51. The molecule has 5 heterocycles. The number of aromatic nitrogens is 2. The number of nitrogens with one attached hydrogen (secondary N) is 4. The summed E-state index contributed by atoms with van der Waals surface area (Å²) in [4.78, 5) is 139. The minimum Gasteiger partial charge on any atom is -0.458 e. The topological polar surface area (TPSA) is 295 Å². The van der Waals surface area contributed by atoms with Crippen molar-refractivity contribution in [2.45, 2.75) is 161 Å². The van der Waals surface area contributed by atoms with Crippen molar-refractivity contribution in [2.24, 2.45) is 17.6 Å². The number of aryl methyl sites for hydroxylation is 1. The molecule has 0 bridgehead atoms. The number of amides is 6. The van der Waals surface area contributed by atoms with Crippen molar-refractivity contribution in [1.82, 2.24) is 35.7 Å². The maximum Gasteiger partial charge on any atom is 0.343 e. The third kappa shape index (κ3) is 13.3. The number of benzene rings is 2. The number of hydrogen-bond acceptors (Lipinski definition) is 14. The van der Waals surface area contributed by atoms with E-state index in [2.05, 4.69) is 21.3 Å². The predicted octanol–water partition coefficient (Wildman–Crippen LogP) is 4.38. The Balaban J connectivity index is 0.858. The summed E-state index contributed by atoms with van der Waals surface area (Å²) in [7, 11) is 0. The monoisotopic (exact) mass is 1120 g/mol. The van der Waals surface area contributed by atoms with Crippen molar-refractivity contribution in [3.8, 4) is 11.4 Å². The minimum atomic E-state index is -2.06. The Kier molecular flexibility index (Phi) is 19.4. The van der Waals surface area contributed by atoms with Crippen molar-refractivity contribution in [2.75, 3.05) is 26.2 Å². The van der Waals surface area contributed by atoms with Crippen LogP contribution in [0.3, 0.4) is 0 Å². The van der Waals surface area contributed by atoms with Crippen LogP contribution < -0.4 is 32.6 Å². The van der Waals surface area contributed by atoms with Crippen LogP contribution in [-0.2, 0) is 79.5 Å². The number of nitrogens with two attached hydrogens (primary N) is 1. The van der Waals surface area contributed by atoms with E-state index in [-0.39, 0.29) is 98.6 Å². The molecule has 5 atom stereocenters. The fourth-order valence-electron chi connectivity index (χ4n) is 11.8. The molecule has 0 spiro atoms. The SMILES string of the molecule is CCCC1CC(=O)N(CCCCCC(=O)N[C@@H](CCCCN)C(=O)CCC(=O)NCC(=O)C[C@@H](Cc2ccccc2)C(=O)NCC(=O)N[C@H]2CCc3c(C)c(F)cc4nc5c(c2c34)Cn2c-5cc3c(c2=O)COC(=O)[C@]3(O)CC)C1=O. The van der Waals surface area contributed by atoms with E-state index in [1.807, 2.05) is 13.0 Å². The second kappa shape index (κ2) is 26.4. The Hall–Kier alpha value is -7.52. The number of ketones is 2. The van der Waals surface area contributed by atoms with E-state index < -0.39 is 77.5 Å². The zero-order chi connectivity index (χ0) is 58.1. The number of rotatable bonds is 28. The first kappa shape index (κ1) is 59.6. The fraction of sp³-hybridized carbons (Fsp3) is 0.517.